The topological polar surface area (TPSA) is 133 Å². The van der Waals surface area contributed by atoms with Crippen LogP contribution in [0, 0.1) is 0 Å². The van der Waals surface area contributed by atoms with E-state index in [1.807, 2.05) is 0 Å². The van der Waals surface area contributed by atoms with Crippen molar-refractivity contribution in [2.24, 2.45) is 0 Å². The van der Waals surface area contributed by atoms with E-state index < -0.39 is 33.5 Å². The van der Waals surface area contributed by atoms with Gasteiger partial charge in [-0.3, -0.25) is 9.59 Å². The lowest BCUT2D eigenvalue weighted by molar-refractivity contribution is 0.0694. The molecule has 2 amide bonds. The van der Waals surface area contributed by atoms with E-state index in [0.717, 1.165) is 0 Å². The van der Waals surface area contributed by atoms with Crippen LogP contribution in [0.4, 0.5) is 11.4 Å². The number of nitrogens with one attached hydrogen (secondary N) is 2. The molecule has 1 heterocycles. The zero-order valence-corrected chi connectivity index (χ0v) is 15.5. The number of hydrogen-bond acceptors (Lipinski definition) is 5. The number of aromatic carboxylic acids is 2. The van der Waals surface area contributed by atoms with Gasteiger partial charge in [-0.25, -0.2) is 9.59 Å². The highest BCUT2D eigenvalue weighted by Crippen LogP contribution is 2.39. The summed E-state index contributed by atoms with van der Waals surface area (Å²) < 4.78 is 0. The maximum atomic E-state index is 12.5. The molecule has 0 aliphatic carbocycles. The van der Waals surface area contributed by atoms with Crippen molar-refractivity contribution < 1.29 is 29.4 Å². The van der Waals surface area contributed by atoms with Crippen LogP contribution in [-0.4, -0.2) is 34.0 Å². The molecule has 2 aromatic carbocycles. The van der Waals surface area contributed by atoms with Crippen molar-refractivity contribution >= 4 is 46.5 Å². The summed E-state index contributed by atoms with van der Waals surface area (Å²) in [5.74, 6) is -4.14. The summed E-state index contributed by atoms with van der Waals surface area (Å²) in [6, 6.07) is 16.0. The Bertz CT molecular complexity index is 1010. The van der Waals surface area contributed by atoms with Crippen molar-refractivity contribution in [1.29, 1.82) is 0 Å². The molecule has 0 radical (unpaired) electrons. The SMILES string of the molecule is O=C(Nc1c(C(=O)O)sc(C(=O)O)c1NC(=O)c1ccccc1)c1ccccc1. The second-order valence-corrected chi connectivity index (χ2v) is 6.78. The lowest BCUT2D eigenvalue weighted by Crippen LogP contribution is -2.18. The van der Waals surface area contributed by atoms with Crippen LogP contribution in [-0.2, 0) is 0 Å². The molecular weight excluding hydrogens is 396 g/mol. The lowest BCUT2D eigenvalue weighted by Gasteiger charge is -2.11. The summed E-state index contributed by atoms with van der Waals surface area (Å²) >= 11 is 0.448. The standard InChI is InChI=1S/C20H14N2O6S/c23-17(11-7-3-1-4-8-11)21-13-14(16(20(27)28)29-15(13)19(25)26)22-18(24)12-9-5-2-6-10-12/h1-10H,(H,21,23)(H,22,24)(H,25,26)(H,27,28). The van der Waals surface area contributed by atoms with Crippen LogP contribution in [0.1, 0.15) is 40.1 Å². The lowest BCUT2D eigenvalue weighted by atomic mass is 10.2. The highest BCUT2D eigenvalue weighted by Gasteiger charge is 2.29. The van der Waals surface area contributed by atoms with Gasteiger partial charge in [0, 0.05) is 11.1 Å². The monoisotopic (exact) mass is 410 g/mol. The number of anilines is 2. The van der Waals surface area contributed by atoms with E-state index >= 15 is 0 Å². The zero-order chi connectivity index (χ0) is 21.0. The first-order valence-corrected chi connectivity index (χ1v) is 9.06. The molecule has 4 N–H and O–H groups in total. The van der Waals surface area contributed by atoms with E-state index in [1.165, 1.54) is 24.3 Å². The quantitative estimate of drug-likeness (QED) is 0.490. The average molecular weight is 410 g/mol. The Labute approximate surface area is 168 Å². The number of benzene rings is 2. The second kappa shape index (κ2) is 8.36. The van der Waals surface area contributed by atoms with E-state index in [2.05, 4.69) is 10.6 Å². The molecule has 0 aliphatic rings. The molecular formula is C20H14N2O6S. The number of rotatable bonds is 6. The van der Waals surface area contributed by atoms with Gasteiger partial charge in [-0.1, -0.05) is 36.4 Å². The smallest absolute Gasteiger partial charge is 0.348 e. The second-order valence-electron chi connectivity index (χ2n) is 5.76. The fourth-order valence-electron chi connectivity index (χ4n) is 2.52. The molecule has 146 valence electrons. The molecule has 0 saturated heterocycles. The van der Waals surface area contributed by atoms with Crippen molar-refractivity contribution in [2.75, 3.05) is 10.6 Å². The van der Waals surface area contributed by atoms with Crippen LogP contribution in [0.3, 0.4) is 0 Å². The Morgan fingerprint density at radius 2 is 0.966 bits per heavy atom. The van der Waals surface area contributed by atoms with Gasteiger partial charge in [0.05, 0.1) is 11.4 Å². The van der Waals surface area contributed by atoms with Crippen LogP contribution < -0.4 is 10.6 Å². The van der Waals surface area contributed by atoms with Gasteiger partial charge in [-0.05, 0) is 24.3 Å². The van der Waals surface area contributed by atoms with Gasteiger partial charge >= 0.3 is 11.9 Å². The fraction of sp³-hybridized carbons (Fsp3) is 0. The summed E-state index contributed by atoms with van der Waals surface area (Å²) in [4.78, 5) is 47.5. The number of carbonyl (C=O) groups excluding carboxylic acids is 2. The first kappa shape index (κ1) is 19.8. The summed E-state index contributed by atoms with van der Waals surface area (Å²) in [5.41, 5.74) is -0.0735. The predicted octanol–water partition coefficient (Wildman–Crippen LogP) is 3.65. The largest absolute Gasteiger partial charge is 0.477 e. The molecule has 0 saturated carbocycles. The first-order chi connectivity index (χ1) is 13.9. The molecule has 9 heteroatoms. The Hall–Kier alpha value is -3.98. The van der Waals surface area contributed by atoms with Crippen LogP contribution in [0.25, 0.3) is 0 Å². The third-order valence-electron chi connectivity index (χ3n) is 3.85. The van der Waals surface area contributed by atoms with E-state index in [0.29, 0.717) is 11.3 Å². The molecule has 3 aromatic rings. The Morgan fingerprint density at radius 1 is 0.621 bits per heavy atom. The van der Waals surface area contributed by atoms with Gasteiger partial charge in [0.25, 0.3) is 11.8 Å². The first-order valence-electron chi connectivity index (χ1n) is 8.24. The van der Waals surface area contributed by atoms with Crippen LogP contribution in [0.15, 0.2) is 60.7 Å². The molecule has 0 spiro atoms. The maximum absolute atomic E-state index is 12.5. The molecule has 0 unspecified atom stereocenters. The zero-order valence-electron chi connectivity index (χ0n) is 14.7. The van der Waals surface area contributed by atoms with Crippen LogP contribution >= 0.6 is 11.3 Å². The average Bonchev–Trinajstić information content (AvgIpc) is 3.07. The summed E-state index contributed by atoms with van der Waals surface area (Å²) in [5, 5.41) is 23.8. The van der Waals surface area contributed by atoms with E-state index in [1.54, 1.807) is 36.4 Å². The maximum Gasteiger partial charge on any atom is 0.348 e. The highest BCUT2D eigenvalue weighted by atomic mass is 32.1. The molecule has 3 rings (SSSR count). The number of carbonyl (C=O) groups is 4. The van der Waals surface area contributed by atoms with Crippen molar-refractivity contribution in [2.45, 2.75) is 0 Å². The number of amides is 2. The number of thiophene rings is 1. The summed E-state index contributed by atoms with van der Waals surface area (Å²) in [6.45, 7) is 0. The number of hydrogen-bond donors (Lipinski definition) is 4. The van der Waals surface area contributed by atoms with Gasteiger partial charge in [0.15, 0.2) is 0 Å². The van der Waals surface area contributed by atoms with Crippen LogP contribution in [0.5, 0.6) is 0 Å². The molecule has 0 fully saturated rings. The predicted molar refractivity (Wildman–Crippen MR) is 107 cm³/mol. The molecule has 8 nitrogen and oxygen atoms in total. The van der Waals surface area contributed by atoms with Crippen molar-refractivity contribution in [3.63, 3.8) is 0 Å². The Balaban J connectivity index is 2.05. The Kier molecular flexibility index (Phi) is 5.70. The van der Waals surface area contributed by atoms with Gasteiger partial charge < -0.3 is 20.8 Å². The summed E-state index contributed by atoms with van der Waals surface area (Å²) in [7, 11) is 0. The third-order valence-corrected chi connectivity index (χ3v) is 5.01. The van der Waals surface area contributed by atoms with Gasteiger partial charge in [0.2, 0.25) is 0 Å². The molecule has 29 heavy (non-hydrogen) atoms. The van der Waals surface area contributed by atoms with Crippen LogP contribution in [0.2, 0.25) is 0 Å². The van der Waals surface area contributed by atoms with Crippen molar-refractivity contribution in [1.82, 2.24) is 0 Å². The van der Waals surface area contributed by atoms with Gasteiger partial charge in [-0.2, -0.15) is 0 Å². The minimum atomic E-state index is -1.43. The molecule has 0 atom stereocenters. The highest BCUT2D eigenvalue weighted by molar-refractivity contribution is 7.17. The number of carboxylic acid groups (broad SMARTS) is 2. The minimum Gasteiger partial charge on any atom is -0.477 e. The minimum absolute atomic E-state index is 0.243. The molecule has 0 bridgehead atoms. The fourth-order valence-corrected chi connectivity index (χ4v) is 3.41. The van der Waals surface area contributed by atoms with E-state index in [9.17, 15) is 29.4 Å². The van der Waals surface area contributed by atoms with E-state index in [4.69, 9.17) is 0 Å². The van der Waals surface area contributed by atoms with E-state index in [-0.39, 0.29) is 22.5 Å². The van der Waals surface area contributed by atoms with Crippen molar-refractivity contribution in [3.05, 3.63) is 81.5 Å². The number of carboxylic acids is 2. The van der Waals surface area contributed by atoms with Gasteiger partial charge in [-0.15, -0.1) is 11.3 Å². The third kappa shape index (κ3) is 4.30. The Morgan fingerprint density at radius 3 is 1.28 bits per heavy atom. The summed E-state index contributed by atoms with van der Waals surface area (Å²) in [6.07, 6.45) is 0. The van der Waals surface area contributed by atoms with Gasteiger partial charge in [0.1, 0.15) is 9.75 Å². The normalized spacial score (nSPS) is 10.2. The molecule has 1 aromatic heterocycles. The molecule has 0 aliphatic heterocycles. The van der Waals surface area contributed by atoms with Crippen molar-refractivity contribution in [3.8, 4) is 0 Å².